The van der Waals surface area contributed by atoms with Gasteiger partial charge in [-0.15, -0.1) is 0 Å². The van der Waals surface area contributed by atoms with Crippen molar-refractivity contribution in [3.63, 3.8) is 0 Å². The highest BCUT2D eigenvalue weighted by Gasteiger charge is 2.40. The summed E-state index contributed by atoms with van der Waals surface area (Å²) >= 11 is 0. The van der Waals surface area contributed by atoms with Crippen LogP contribution in [0.5, 0.6) is 0 Å². The number of carbonyl (C=O) groups excluding carboxylic acids is 1. The van der Waals surface area contributed by atoms with Crippen molar-refractivity contribution >= 4 is 12.0 Å². The third kappa shape index (κ3) is 3.87. The van der Waals surface area contributed by atoms with Crippen LogP contribution in [0.3, 0.4) is 0 Å². The molecule has 1 N–H and O–H groups in total. The van der Waals surface area contributed by atoms with Crippen LogP contribution >= 0.6 is 0 Å². The molecule has 0 spiro atoms. The van der Waals surface area contributed by atoms with Crippen molar-refractivity contribution in [2.45, 2.75) is 46.1 Å². The lowest BCUT2D eigenvalue weighted by atomic mass is 9.74. The maximum Gasteiger partial charge on any atom is 0.320 e. The Labute approximate surface area is 126 Å². The summed E-state index contributed by atoms with van der Waals surface area (Å²) in [5.74, 6) is -0.875. The van der Waals surface area contributed by atoms with Crippen LogP contribution in [0, 0.1) is 22.7 Å². The Balaban J connectivity index is 2.75. The van der Waals surface area contributed by atoms with Crippen molar-refractivity contribution in [2.75, 3.05) is 20.1 Å². The number of likely N-dealkylation sites (tertiary alicyclic amines) is 1. The summed E-state index contributed by atoms with van der Waals surface area (Å²) < 4.78 is 0. The van der Waals surface area contributed by atoms with Crippen LogP contribution in [-0.2, 0) is 4.79 Å². The number of hydrogen-bond acceptors (Lipinski definition) is 3. The number of hydrogen-bond donors (Lipinski definition) is 1. The molecule has 6 heteroatoms. The van der Waals surface area contributed by atoms with Crippen molar-refractivity contribution in [1.29, 1.82) is 5.26 Å². The van der Waals surface area contributed by atoms with Gasteiger partial charge in [0.2, 0.25) is 0 Å². The molecule has 0 aromatic carbocycles. The molecule has 2 unspecified atom stereocenters. The minimum absolute atomic E-state index is 0.0487. The summed E-state index contributed by atoms with van der Waals surface area (Å²) in [4.78, 5) is 27.1. The van der Waals surface area contributed by atoms with Crippen molar-refractivity contribution in [3.8, 4) is 6.07 Å². The molecule has 2 atom stereocenters. The number of carbonyl (C=O) groups is 2. The molecule has 0 saturated carbocycles. The normalized spacial score (nSPS) is 20.5. The molecule has 1 saturated heterocycles. The zero-order valence-corrected chi connectivity index (χ0v) is 13.3. The maximum atomic E-state index is 12.5. The number of piperidine rings is 1. The molecule has 2 amide bonds. The van der Waals surface area contributed by atoms with Gasteiger partial charge in [0.15, 0.2) is 0 Å². The molecular weight excluding hydrogens is 270 g/mol. The summed E-state index contributed by atoms with van der Waals surface area (Å²) in [6.45, 7) is 6.38. The van der Waals surface area contributed by atoms with Crippen LogP contribution in [0.15, 0.2) is 0 Å². The van der Waals surface area contributed by atoms with Gasteiger partial charge in [-0.3, -0.25) is 4.79 Å². The molecule has 0 bridgehead atoms. The highest BCUT2D eigenvalue weighted by Crippen LogP contribution is 2.34. The van der Waals surface area contributed by atoms with Crippen LogP contribution in [0.1, 0.15) is 40.0 Å². The zero-order valence-electron chi connectivity index (χ0n) is 13.3. The van der Waals surface area contributed by atoms with Gasteiger partial charge in [-0.2, -0.15) is 5.26 Å². The van der Waals surface area contributed by atoms with Crippen molar-refractivity contribution < 1.29 is 14.7 Å². The fourth-order valence-corrected chi connectivity index (χ4v) is 2.60. The fraction of sp³-hybridized carbons (Fsp3) is 0.800. The van der Waals surface area contributed by atoms with Gasteiger partial charge in [-0.25, -0.2) is 4.79 Å². The highest BCUT2D eigenvalue weighted by atomic mass is 16.4. The molecule has 1 aliphatic heterocycles. The predicted molar refractivity (Wildman–Crippen MR) is 78.6 cm³/mol. The Kier molecular flexibility index (Phi) is 5.59. The number of amides is 2. The van der Waals surface area contributed by atoms with E-state index >= 15 is 0 Å². The first-order valence-corrected chi connectivity index (χ1v) is 7.33. The third-order valence-electron chi connectivity index (χ3n) is 4.61. The molecule has 1 fully saturated rings. The van der Waals surface area contributed by atoms with E-state index in [0.717, 1.165) is 12.8 Å². The molecule has 1 rings (SSSR count). The second kappa shape index (κ2) is 6.79. The molecule has 1 aliphatic rings. The minimum atomic E-state index is -0.838. The second-order valence-corrected chi connectivity index (χ2v) is 6.42. The van der Waals surface area contributed by atoms with Gasteiger partial charge in [-0.1, -0.05) is 0 Å². The summed E-state index contributed by atoms with van der Waals surface area (Å²) in [7, 11) is 1.69. The second-order valence-electron chi connectivity index (χ2n) is 6.42. The minimum Gasteiger partial charge on any atom is -0.481 e. The number of nitriles is 1. The van der Waals surface area contributed by atoms with Crippen LogP contribution in [-0.4, -0.2) is 53.1 Å². The molecular formula is C15H25N3O3. The number of nitrogens with zero attached hydrogens (tertiary/aromatic N) is 3. The number of carboxylic acid groups (broad SMARTS) is 1. The lowest BCUT2D eigenvalue weighted by Crippen LogP contribution is -2.51. The molecule has 118 valence electrons. The SMILES string of the molecule is CC(CC#N)N(C)C(=O)N1CCCC(C(C)(C)C(=O)O)C1. The van der Waals surface area contributed by atoms with Crippen LogP contribution < -0.4 is 0 Å². The number of urea groups is 1. The van der Waals surface area contributed by atoms with E-state index in [4.69, 9.17) is 5.26 Å². The van der Waals surface area contributed by atoms with E-state index in [1.165, 1.54) is 0 Å². The summed E-state index contributed by atoms with van der Waals surface area (Å²) in [6, 6.07) is 1.80. The first-order valence-electron chi connectivity index (χ1n) is 7.33. The Morgan fingerprint density at radius 2 is 2.14 bits per heavy atom. The largest absolute Gasteiger partial charge is 0.481 e. The lowest BCUT2D eigenvalue weighted by Gasteiger charge is -2.41. The first kappa shape index (κ1) is 17.3. The molecule has 6 nitrogen and oxygen atoms in total. The smallest absolute Gasteiger partial charge is 0.320 e. The topological polar surface area (TPSA) is 84.6 Å². The van der Waals surface area contributed by atoms with Gasteiger partial charge >= 0.3 is 12.0 Å². The van der Waals surface area contributed by atoms with E-state index in [0.29, 0.717) is 19.5 Å². The molecule has 0 aromatic heterocycles. The van der Waals surface area contributed by atoms with Crippen LogP contribution in [0.25, 0.3) is 0 Å². The Morgan fingerprint density at radius 1 is 1.52 bits per heavy atom. The summed E-state index contributed by atoms with van der Waals surface area (Å²) in [6.07, 6.45) is 1.92. The predicted octanol–water partition coefficient (Wildman–Crippen LogP) is 2.16. The Morgan fingerprint density at radius 3 is 2.67 bits per heavy atom. The van der Waals surface area contributed by atoms with Crippen LogP contribution in [0.2, 0.25) is 0 Å². The lowest BCUT2D eigenvalue weighted by molar-refractivity contribution is -0.151. The van der Waals surface area contributed by atoms with Gasteiger partial charge in [0.05, 0.1) is 17.9 Å². The fourth-order valence-electron chi connectivity index (χ4n) is 2.60. The molecule has 0 radical (unpaired) electrons. The number of aliphatic carboxylic acids is 1. The van der Waals surface area contributed by atoms with E-state index in [9.17, 15) is 14.7 Å². The van der Waals surface area contributed by atoms with Crippen molar-refractivity contribution in [3.05, 3.63) is 0 Å². The Hall–Kier alpha value is -1.77. The average Bonchev–Trinajstić information content (AvgIpc) is 2.45. The van der Waals surface area contributed by atoms with Crippen LogP contribution in [0.4, 0.5) is 4.79 Å². The monoisotopic (exact) mass is 295 g/mol. The third-order valence-corrected chi connectivity index (χ3v) is 4.61. The standard InChI is InChI=1S/C15H25N3O3/c1-11(7-8-16)17(4)14(21)18-9-5-6-12(10-18)15(2,3)13(19)20/h11-12H,5-7,9-10H2,1-4H3,(H,19,20). The Bertz CT molecular complexity index is 442. The van der Waals surface area contributed by atoms with E-state index in [1.54, 1.807) is 30.7 Å². The van der Waals surface area contributed by atoms with Crippen molar-refractivity contribution in [2.24, 2.45) is 11.3 Å². The summed E-state index contributed by atoms with van der Waals surface area (Å²) in [5, 5.41) is 18.1. The zero-order chi connectivity index (χ0) is 16.2. The van der Waals surface area contributed by atoms with E-state index in [-0.39, 0.29) is 18.0 Å². The van der Waals surface area contributed by atoms with Gasteiger partial charge in [0.25, 0.3) is 0 Å². The quantitative estimate of drug-likeness (QED) is 0.861. The maximum absolute atomic E-state index is 12.5. The molecule has 1 heterocycles. The van der Waals surface area contributed by atoms with Gasteiger partial charge < -0.3 is 14.9 Å². The number of rotatable bonds is 4. The first-order chi connectivity index (χ1) is 9.71. The summed E-state index contributed by atoms with van der Waals surface area (Å²) in [5.41, 5.74) is -0.838. The highest BCUT2D eigenvalue weighted by molar-refractivity contribution is 5.76. The van der Waals surface area contributed by atoms with E-state index in [2.05, 4.69) is 6.07 Å². The van der Waals surface area contributed by atoms with Crippen molar-refractivity contribution in [1.82, 2.24) is 9.80 Å². The molecule has 0 aliphatic carbocycles. The van der Waals surface area contributed by atoms with E-state index in [1.807, 2.05) is 6.92 Å². The van der Waals surface area contributed by atoms with Gasteiger partial charge in [0, 0.05) is 26.2 Å². The molecule has 21 heavy (non-hydrogen) atoms. The average molecular weight is 295 g/mol. The van der Waals surface area contributed by atoms with E-state index < -0.39 is 11.4 Å². The van der Waals surface area contributed by atoms with Gasteiger partial charge in [0.1, 0.15) is 0 Å². The molecule has 0 aromatic rings. The van der Waals surface area contributed by atoms with Gasteiger partial charge in [-0.05, 0) is 39.5 Å². The number of carboxylic acids is 1.